The molecule has 0 heterocycles. The first-order valence-corrected chi connectivity index (χ1v) is 12.5. The van der Waals surface area contributed by atoms with Crippen molar-refractivity contribution < 1.29 is 23.8 Å². The van der Waals surface area contributed by atoms with Gasteiger partial charge in [0.25, 0.3) is 5.91 Å². The van der Waals surface area contributed by atoms with Gasteiger partial charge in [-0.2, -0.15) is 5.10 Å². The summed E-state index contributed by atoms with van der Waals surface area (Å²) in [5, 5.41) is 3.98. The summed E-state index contributed by atoms with van der Waals surface area (Å²) < 4.78 is 16.8. The normalized spacial score (nSPS) is 10.9. The first-order chi connectivity index (χ1) is 17.9. The van der Waals surface area contributed by atoms with Gasteiger partial charge in [-0.1, -0.05) is 39.3 Å². The largest absolute Gasteiger partial charge is 0.494 e. The fraction of sp³-hybridized carbons (Fsp3) is 0.300. The Balaban J connectivity index is 1.46. The average Bonchev–Trinajstić information content (AvgIpc) is 2.89. The molecule has 0 aromatic heterocycles. The van der Waals surface area contributed by atoms with E-state index in [2.05, 4.69) is 31.3 Å². The average molecular weight is 503 g/mol. The summed E-state index contributed by atoms with van der Waals surface area (Å²) in [6.45, 7) is 8.76. The number of nitrogens with zero attached hydrogens (tertiary/aromatic N) is 1. The van der Waals surface area contributed by atoms with Gasteiger partial charge in [0.05, 0.1) is 18.4 Å². The van der Waals surface area contributed by atoms with Gasteiger partial charge in [0, 0.05) is 0 Å². The van der Waals surface area contributed by atoms with Gasteiger partial charge in [0.15, 0.2) is 6.61 Å². The van der Waals surface area contributed by atoms with Gasteiger partial charge in [0.2, 0.25) is 0 Å². The molecule has 3 aromatic rings. The van der Waals surface area contributed by atoms with E-state index in [0.717, 1.165) is 35.3 Å². The number of carbonyl (C=O) groups excluding carboxylic acids is 2. The minimum atomic E-state index is -0.456. The molecular weight excluding hydrogens is 468 g/mol. The highest BCUT2D eigenvalue weighted by Gasteiger charge is 2.11. The second kappa shape index (κ2) is 13.8. The minimum absolute atomic E-state index is 0.138. The van der Waals surface area contributed by atoms with Crippen LogP contribution in [0.3, 0.4) is 0 Å². The Morgan fingerprint density at radius 3 is 2.32 bits per heavy atom. The summed E-state index contributed by atoms with van der Waals surface area (Å²) in [6, 6.07) is 19.7. The molecule has 0 atom stereocenters. The van der Waals surface area contributed by atoms with E-state index < -0.39 is 5.97 Å². The summed E-state index contributed by atoms with van der Waals surface area (Å²) in [5.74, 6) is 1.30. The molecule has 1 amide bonds. The highest BCUT2D eigenvalue weighted by Crippen LogP contribution is 2.27. The summed E-state index contributed by atoms with van der Waals surface area (Å²) in [6.07, 6.45) is 3.55. The number of aryl methyl sites for hydroxylation is 1. The van der Waals surface area contributed by atoms with Crippen molar-refractivity contribution in [2.45, 2.75) is 46.5 Å². The monoisotopic (exact) mass is 502 g/mol. The standard InChI is InChI=1S/C30H34N2O5/c1-5-6-17-35-25-14-10-24(11-15-25)30(34)37-26-12-8-23(9-13-26)19-31-32-29(33)20-36-28-18-22(4)7-16-27(28)21(2)3/h7-16,18-19,21H,5-6,17,20H2,1-4H3,(H,32,33). The van der Waals surface area contributed by atoms with Crippen LogP contribution < -0.4 is 19.6 Å². The number of hydrogen-bond donors (Lipinski definition) is 1. The van der Waals surface area contributed by atoms with Gasteiger partial charge in [-0.25, -0.2) is 10.2 Å². The Hall–Kier alpha value is -4.13. The van der Waals surface area contributed by atoms with Crippen LogP contribution in [0.1, 0.15) is 66.6 Å². The molecule has 1 N–H and O–H groups in total. The number of ether oxygens (including phenoxy) is 3. The van der Waals surface area contributed by atoms with E-state index in [1.165, 1.54) is 6.21 Å². The van der Waals surface area contributed by atoms with Gasteiger partial charge in [-0.15, -0.1) is 0 Å². The van der Waals surface area contributed by atoms with Crippen LogP contribution in [0.5, 0.6) is 17.2 Å². The zero-order chi connectivity index (χ0) is 26.6. The molecule has 0 fully saturated rings. The molecule has 0 unspecified atom stereocenters. The zero-order valence-electron chi connectivity index (χ0n) is 21.8. The number of hydrogen-bond acceptors (Lipinski definition) is 6. The summed E-state index contributed by atoms with van der Waals surface area (Å²) in [5.41, 5.74) is 5.75. The molecule has 3 aromatic carbocycles. The van der Waals surface area contributed by atoms with Crippen molar-refractivity contribution >= 4 is 18.1 Å². The fourth-order valence-corrected chi connectivity index (χ4v) is 3.41. The molecule has 37 heavy (non-hydrogen) atoms. The van der Waals surface area contributed by atoms with Crippen molar-refractivity contribution in [1.29, 1.82) is 0 Å². The van der Waals surface area contributed by atoms with Gasteiger partial charge in [-0.3, -0.25) is 4.79 Å². The van der Waals surface area contributed by atoms with Crippen LogP contribution in [-0.4, -0.2) is 31.3 Å². The van der Waals surface area contributed by atoms with Crippen LogP contribution in [0.15, 0.2) is 71.8 Å². The summed E-state index contributed by atoms with van der Waals surface area (Å²) in [4.78, 5) is 24.6. The Morgan fingerprint density at radius 2 is 1.65 bits per heavy atom. The third kappa shape index (κ3) is 8.79. The lowest BCUT2D eigenvalue weighted by atomic mass is 10.0. The van der Waals surface area contributed by atoms with E-state index in [-0.39, 0.29) is 18.4 Å². The zero-order valence-corrected chi connectivity index (χ0v) is 21.8. The number of carbonyl (C=O) groups is 2. The maximum atomic E-state index is 12.4. The van der Waals surface area contributed by atoms with E-state index in [0.29, 0.717) is 23.7 Å². The van der Waals surface area contributed by atoms with E-state index in [1.54, 1.807) is 48.5 Å². The Kier molecular flexibility index (Phi) is 10.3. The van der Waals surface area contributed by atoms with E-state index in [1.807, 2.05) is 25.1 Å². The Labute approximate surface area is 218 Å². The molecule has 0 radical (unpaired) electrons. The van der Waals surface area contributed by atoms with Gasteiger partial charge in [0.1, 0.15) is 17.2 Å². The molecule has 0 saturated carbocycles. The number of rotatable bonds is 12. The molecular formula is C30H34N2O5. The maximum Gasteiger partial charge on any atom is 0.343 e. The van der Waals surface area contributed by atoms with Crippen LogP contribution in [0.4, 0.5) is 0 Å². The molecule has 0 aliphatic rings. The van der Waals surface area contributed by atoms with Gasteiger partial charge < -0.3 is 14.2 Å². The lowest BCUT2D eigenvalue weighted by Crippen LogP contribution is -2.25. The number of unbranched alkanes of at least 4 members (excludes halogenated alkanes) is 1. The minimum Gasteiger partial charge on any atom is -0.494 e. The molecule has 0 aliphatic heterocycles. The molecule has 7 heteroatoms. The summed E-state index contributed by atoms with van der Waals surface area (Å²) >= 11 is 0. The number of esters is 1. The van der Waals surface area contributed by atoms with Crippen LogP contribution in [-0.2, 0) is 4.79 Å². The highest BCUT2D eigenvalue weighted by molar-refractivity contribution is 5.91. The molecule has 7 nitrogen and oxygen atoms in total. The van der Waals surface area contributed by atoms with Crippen molar-refractivity contribution in [3.8, 4) is 17.2 Å². The van der Waals surface area contributed by atoms with Crippen LogP contribution in [0.2, 0.25) is 0 Å². The number of hydrazone groups is 1. The molecule has 194 valence electrons. The predicted octanol–water partition coefficient (Wildman–Crippen LogP) is 6.05. The lowest BCUT2D eigenvalue weighted by molar-refractivity contribution is -0.123. The van der Waals surface area contributed by atoms with E-state index >= 15 is 0 Å². The quantitative estimate of drug-likeness (QED) is 0.107. The van der Waals surface area contributed by atoms with Crippen molar-refractivity contribution in [2.24, 2.45) is 5.10 Å². The molecule has 0 saturated heterocycles. The van der Waals surface area contributed by atoms with E-state index in [4.69, 9.17) is 14.2 Å². The maximum absolute atomic E-state index is 12.4. The third-order valence-corrected chi connectivity index (χ3v) is 5.50. The first-order valence-electron chi connectivity index (χ1n) is 12.5. The predicted molar refractivity (Wildman–Crippen MR) is 145 cm³/mol. The second-order valence-corrected chi connectivity index (χ2v) is 8.96. The van der Waals surface area contributed by atoms with Crippen LogP contribution in [0.25, 0.3) is 0 Å². The summed E-state index contributed by atoms with van der Waals surface area (Å²) in [7, 11) is 0. The third-order valence-electron chi connectivity index (χ3n) is 5.50. The van der Waals surface area contributed by atoms with Gasteiger partial charge >= 0.3 is 5.97 Å². The number of benzene rings is 3. The van der Waals surface area contributed by atoms with E-state index in [9.17, 15) is 9.59 Å². The topological polar surface area (TPSA) is 86.2 Å². The Bertz CT molecular complexity index is 1200. The molecule has 0 bridgehead atoms. The van der Waals surface area contributed by atoms with Crippen molar-refractivity contribution in [3.63, 3.8) is 0 Å². The Morgan fingerprint density at radius 1 is 0.946 bits per heavy atom. The van der Waals surface area contributed by atoms with Crippen molar-refractivity contribution in [1.82, 2.24) is 5.43 Å². The fourth-order valence-electron chi connectivity index (χ4n) is 3.41. The van der Waals surface area contributed by atoms with Crippen molar-refractivity contribution in [2.75, 3.05) is 13.2 Å². The SMILES string of the molecule is CCCCOc1ccc(C(=O)Oc2ccc(C=NNC(=O)COc3cc(C)ccc3C(C)C)cc2)cc1. The number of nitrogens with one attached hydrogen (secondary N) is 1. The number of amides is 1. The second-order valence-electron chi connectivity index (χ2n) is 8.96. The smallest absolute Gasteiger partial charge is 0.343 e. The van der Waals surface area contributed by atoms with Crippen LogP contribution in [0, 0.1) is 6.92 Å². The van der Waals surface area contributed by atoms with Crippen LogP contribution >= 0.6 is 0 Å². The lowest BCUT2D eigenvalue weighted by Gasteiger charge is -2.14. The molecule has 3 rings (SSSR count). The molecule has 0 aliphatic carbocycles. The van der Waals surface area contributed by atoms with Crippen molar-refractivity contribution in [3.05, 3.63) is 89.0 Å². The first kappa shape index (κ1) is 27.5. The molecule has 0 spiro atoms. The highest BCUT2D eigenvalue weighted by atomic mass is 16.5. The van der Waals surface area contributed by atoms with Gasteiger partial charge in [-0.05, 0) is 90.6 Å².